The molecule has 2 N–H and O–H groups in total. The summed E-state index contributed by atoms with van der Waals surface area (Å²) in [7, 11) is -1.55. The van der Waals surface area contributed by atoms with Crippen LogP contribution in [0.5, 0.6) is 0 Å². The van der Waals surface area contributed by atoms with Crippen molar-refractivity contribution < 1.29 is 27.5 Å². The number of sulfonamides is 1. The van der Waals surface area contributed by atoms with Gasteiger partial charge in [-0.25, -0.2) is 22.7 Å². The van der Waals surface area contributed by atoms with E-state index in [-0.39, 0.29) is 47.4 Å². The summed E-state index contributed by atoms with van der Waals surface area (Å²) in [6.45, 7) is 4.24. The number of halogens is 2. The lowest BCUT2D eigenvalue weighted by atomic mass is 10.1. The van der Waals surface area contributed by atoms with Gasteiger partial charge >= 0.3 is 11.9 Å². The van der Waals surface area contributed by atoms with Crippen LogP contribution in [0.4, 0.5) is 0 Å². The fourth-order valence-corrected chi connectivity index (χ4v) is 3.67. The number of benzene rings is 1. The number of methoxy groups -OCH3 is 2. The molecular weight excluding hydrogens is 433 g/mol. The van der Waals surface area contributed by atoms with Gasteiger partial charge in [-0.1, -0.05) is 0 Å². The largest absolute Gasteiger partial charge is 0.465 e. The standard InChI is InChI=1S/C16H23N3O6S.2ClH/c1-24-15(20)12-9-13(16(21)25-2)11-14(10-12)26(22,23)18-5-8-19-6-3-17-4-7-19;;/h9-11,17-18H,3-8H2,1-2H3;2*1H. The molecule has 1 aliphatic rings. The second-order valence-corrected chi connectivity index (χ2v) is 7.49. The van der Waals surface area contributed by atoms with Crippen molar-refractivity contribution in [2.45, 2.75) is 4.90 Å². The van der Waals surface area contributed by atoms with Gasteiger partial charge in [0.1, 0.15) is 0 Å². The van der Waals surface area contributed by atoms with E-state index in [4.69, 9.17) is 0 Å². The monoisotopic (exact) mass is 457 g/mol. The molecule has 1 saturated heterocycles. The highest BCUT2D eigenvalue weighted by Crippen LogP contribution is 2.17. The highest BCUT2D eigenvalue weighted by Gasteiger charge is 2.21. The zero-order chi connectivity index (χ0) is 19.2. The van der Waals surface area contributed by atoms with Crippen molar-refractivity contribution in [1.82, 2.24) is 14.9 Å². The minimum Gasteiger partial charge on any atom is -0.465 e. The Labute approximate surface area is 177 Å². The van der Waals surface area contributed by atoms with E-state index in [9.17, 15) is 18.0 Å². The summed E-state index contributed by atoms with van der Waals surface area (Å²) in [5.74, 6) is -1.49. The third-order valence-corrected chi connectivity index (χ3v) is 5.43. The summed E-state index contributed by atoms with van der Waals surface area (Å²) >= 11 is 0. The van der Waals surface area contributed by atoms with Crippen LogP contribution in [-0.4, -0.2) is 78.7 Å². The summed E-state index contributed by atoms with van der Waals surface area (Å²) < 4.78 is 36.8. The van der Waals surface area contributed by atoms with Crippen molar-refractivity contribution in [3.8, 4) is 0 Å². The van der Waals surface area contributed by atoms with Gasteiger partial charge in [-0.3, -0.25) is 4.90 Å². The summed E-state index contributed by atoms with van der Waals surface area (Å²) in [6.07, 6.45) is 0. The van der Waals surface area contributed by atoms with Gasteiger partial charge in [0.05, 0.1) is 30.2 Å². The van der Waals surface area contributed by atoms with Gasteiger partial charge in [0.2, 0.25) is 10.0 Å². The predicted molar refractivity (Wildman–Crippen MR) is 108 cm³/mol. The average molecular weight is 458 g/mol. The zero-order valence-corrected chi connectivity index (χ0v) is 18.0. The fourth-order valence-electron chi connectivity index (χ4n) is 2.58. The smallest absolute Gasteiger partial charge is 0.337 e. The molecule has 1 fully saturated rings. The summed E-state index contributed by atoms with van der Waals surface area (Å²) in [5.41, 5.74) is -0.0873. The molecular formula is C16H25Cl2N3O6S. The zero-order valence-electron chi connectivity index (χ0n) is 15.6. The molecule has 0 saturated carbocycles. The predicted octanol–water partition coefficient (Wildman–Crippen LogP) is 0.287. The van der Waals surface area contributed by atoms with E-state index in [1.807, 2.05) is 0 Å². The molecule has 0 atom stereocenters. The van der Waals surface area contributed by atoms with Crippen molar-refractivity contribution >= 4 is 46.8 Å². The molecule has 0 unspecified atom stereocenters. The maximum Gasteiger partial charge on any atom is 0.337 e. The first kappa shape index (κ1) is 26.6. The third kappa shape index (κ3) is 7.19. The van der Waals surface area contributed by atoms with Crippen LogP contribution >= 0.6 is 24.8 Å². The number of rotatable bonds is 7. The number of hydrogen-bond acceptors (Lipinski definition) is 8. The Morgan fingerprint density at radius 1 is 1.04 bits per heavy atom. The average Bonchev–Trinajstić information content (AvgIpc) is 2.67. The van der Waals surface area contributed by atoms with Crippen molar-refractivity contribution in [2.75, 3.05) is 53.5 Å². The molecule has 0 aliphatic carbocycles. The number of esters is 2. The number of nitrogens with zero attached hydrogens (tertiary/aromatic N) is 1. The molecule has 2 rings (SSSR count). The number of carbonyl (C=O) groups is 2. The van der Waals surface area contributed by atoms with Gasteiger partial charge in [-0.05, 0) is 18.2 Å². The Bertz CT molecular complexity index is 735. The number of nitrogens with one attached hydrogen (secondary N) is 2. The van der Waals surface area contributed by atoms with Crippen molar-refractivity contribution in [3.63, 3.8) is 0 Å². The lowest BCUT2D eigenvalue weighted by molar-refractivity contribution is 0.0598. The molecule has 1 aliphatic heterocycles. The maximum absolute atomic E-state index is 12.6. The van der Waals surface area contributed by atoms with E-state index in [1.54, 1.807) is 0 Å². The van der Waals surface area contributed by atoms with Gasteiger partial charge in [-0.15, -0.1) is 24.8 Å². The summed E-state index contributed by atoms with van der Waals surface area (Å²) in [5, 5.41) is 3.22. The summed E-state index contributed by atoms with van der Waals surface area (Å²) in [4.78, 5) is 25.5. The normalized spacial score (nSPS) is 14.4. The Hall–Kier alpha value is -1.43. The minimum absolute atomic E-state index is 0. The molecule has 28 heavy (non-hydrogen) atoms. The highest BCUT2D eigenvalue weighted by molar-refractivity contribution is 7.89. The molecule has 0 aromatic heterocycles. The first-order chi connectivity index (χ1) is 12.4. The number of hydrogen-bond donors (Lipinski definition) is 2. The van der Waals surface area contributed by atoms with Crippen LogP contribution in [0.2, 0.25) is 0 Å². The van der Waals surface area contributed by atoms with Crippen molar-refractivity contribution in [3.05, 3.63) is 29.3 Å². The van der Waals surface area contributed by atoms with Gasteiger partial charge in [0.15, 0.2) is 0 Å². The Balaban J connectivity index is 0.00000364. The molecule has 12 heteroatoms. The Kier molecular flexibility index (Phi) is 11.6. The highest BCUT2D eigenvalue weighted by atomic mass is 35.5. The van der Waals surface area contributed by atoms with Crippen LogP contribution in [0.15, 0.2) is 23.1 Å². The molecule has 1 aromatic carbocycles. The Morgan fingerprint density at radius 2 is 1.54 bits per heavy atom. The molecule has 1 heterocycles. The van der Waals surface area contributed by atoms with E-state index in [1.165, 1.54) is 32.4 Å². The van der Waals surface area contributed by atoms with Gasteiger partial charge < -0.3 is 14.8 Å². The lowest BCUT2D eigenvalue weighted by Gasteiger charge is -2.27. The van der Waals surface area contributed by atoms with Crippen molar-refractivity contribution in [1.29, 1.82) is 0 Å². The number of piperazine rings is 1. The second-order valence-electron chi connectivity index (χ2n) is 5.72. The van der Waals surface area contributed by atoms with Gasteiger partial charge in [0, 0.05) is 39.3 Å². The fraction of sp³-hybridized carbons (Fsp3) is 0.500. The van der Waals surface area contributed by atoms with E-state index in [0.717, 1.165) is 26.2 Å². The topological polar surface area (TPSA) is 114 Å². The SMILES string of the molecule is COC(=O)c1cc(C(=O)OC)cc(S(=O)(=O)NCCN2CCNCC2)c1.Cl.Cl. The van der Waals surface area contributed by atoms with E-state index >= 15 is 0 Å². The molecule has 160 valence electrons. The number of carbonyl (C=O) groups excluding carboxylic acids is 2. The molecule has 0 radical (unpaired) electrons. The Morgan fingerprint density at radius 3 is 2.00 bits per heavy atom. The first-order valence-corrected chi connectivity index (χ1v) is 9.60. The number of ether oxygens (including phenoxy) is 2. The van der Waals surface area contributed by atoms with Crippen LogP contribution in [0.1, 0.15) is 20.7 Å². The van der Waals surface area contributed by atoms with Crippen molar-refractivity contribution in [2.24, 2.45) is 0 Å². The van der Waals surface area contributed by atoms with E-state index in [0.29, 0.717) is 6.54 Å². The summed E-state index contributed by atoms with van der Waals surface area (Å²) in [6, 6.07) is 3.58. The van der Waals surface area contributed by atoms with Gasteiger partial charge in [-0.2, -0.15) is 0 Å². The second kappa shape index (κ2) is 12.2. The molecule has 1 aromatic rings. The van der Waals surface area contributed by atoms with Crippen LogP contribution < -0.4 is 10.0 Å². The van der Waals surface area contributed by atoms with Crippen LogP contribution in [0.25, 0.3) is 0 Å². The van der Waals surface area contributed by atoms with E-state index in [2.05, 4.69) is 24.4 Å². The molecule has 0 amide bonds. The first-order valence-electron chi connectivity index (χ1n) is 8.12. The maximum atomic E-state index is 12.6. The lowest BCUT2D eigenvalue weighted by Crippen LogP contribution is -2.46. The molecule has 0 spiro atoms. The molecule has 9 nitrogen and oxygen atoms in total. The quantitative estimate of drug-likeness (QED) is 0.561. The molecule has 0 bridgehead atoms. The van der Waals surface area contributed by atoms with Crippen LogP contribution in [0, 0.1) is 0 Å². The van der Waals surface area contributed by atoms with Crippen LogP contribution in [0.3, 0.4) is 0 Å². The van der Waals surface area contributed by atoms with Gasteiger partial charge in [0.25, 0.3) is 0 Å². The third-order valence-electron chi connectivity index (χ3n) is 3.99. The van der Waals surface area contributed by atoms with E-state index < -0.39 is 22.0 Å². The minimum atomic E-state index is -3.90. The van der Waals surface area contributed by atoms with Crippen LogP contribution in [-0.2, 0) is 19.5 Å².